The highest BCUT2D eigenvalue weighted by Crippen LogP contribution is 2.10. The Morgan fingerprint density at radius 3 is 1.74 bits per heavy atom. The minimum absolute atomic E-state index is 0.0652. The number of nitrogens with one attached hydrogen (secondary N) is 6. The van der Waals surface area contributed by atoms with E-state index in [2.05, 4.69) is 31.9 Å². The number of aliphatic hydroxyl groups is 4. The van der Waals surface area contributed by atoms with Crippen LogP contribution >= 0.6 is 0 Å². The molecule has 0 spiro atoms. The third kappa shape index (κ3) is 16.8. The van der Waals surface area contributed by atoms with Crippen molar-refractivity contribution >= 4 is 47.4 Å². The van der Waals surface area contributed by atoms with Crippen LogP contribution in [0, 0.1) is 0 Å². The smallest absolute Gasteiger partial charge is 0.326 e. The van der Waals surface area contributed by atoms with Crippen LogP contribution in [0.15, 0.2) is 30.3 Å². The van der Waals surface area contributed by atoms with E-state index in [1.165, 1.54) is 7.05 Å². The summed E-state index contributed by atoms with van der Waals surface area (Å²) in [6, 6.07) is -2.40. The van der Waals surface area contributed by atoms with Gasteiger partial charge < -0.3 is 73.2 Å². The normalized spacial score (nSPS) is 15.2. The fourth-order valence-electron chi connectivity index (χ4n) is 5.35. The number of amides is 6. The van der Waals surface area contributed by atoms with Crippen LogP contribution in [-0.2, 0) is 44.8 Å². The number of aliphatic hydroxyl groups excluding tert-OH is 4. The minimum Gasteiger partial charge on any atom is -0.481 e. The highest BCUT2D eigenvalue weighted by molar-refractivity contribution is 5.97. The Bertz CT molecular complexity index is 1500. The van der Waals surface area contributed by atoms with Crippen molar-refractivity contribution in [1.29, 1.82) is 0 Å². The van der Waals surface area contributed by atoms with Gasteiger partial charge in [0.05, 0.1) is 25.9 Å². The lowest BCUT2D eigenvalue weighted by Gasteiger charge is -2.31. The number of benzene rings is 1. The molecule has 57 heavy (non-hydrogen) atoms. The molecule has 14 N–H and O–H groups in total. The number of aliphatic carboxylic acids is 2. The molecule has 0 aliphatic heterocycles. The van der Waals surface area contributed by atoms with E-state index in [0.29, 0.717) is 12.0 Å². The lowest BCUT2D eigenvalue weighted by atomic mass is 10.0. The van der Waals surface area contributed by atoms with Gasteiger partial charge >= 0.3 is 11.9 Å². The molecule has 0 fully saturated rings. The molecular formula is C35H56N8O14. The summed E-state index contributed by atoms with van der Waals surface area (Å²) < 4.78 is 0. The first kappa shape index (κ1) is 49.8. The Hall–Kier alpha value is -5.26. The van der Waals surface area contributed by atoms with E-state index in [1.54, 1.807) is 30.3 Å². The summed E-state index contributed by atoms with van der Waals surface area (Å²) in [7, 11) is 2.50. The van der Waals surface area contributed by atoms with Gasteiger partial charge in [-0.3, -0.25) is 33.6 Å². The molecule has 0 aliphatic carbocycles. The Morgan fingerprint density at radius 1 is 0.684 bits per heavy atom. The molecule has 0 radical (unpaired) electrons. The first-order chi connectivity index (χ1) is 26.9. The van der Waals surface area contributed by atoms with Gasteiger partial charge in [-0.1, -0.05) is 30.3 Å². The fraction of sp³-hybridized carbons (Fsp3) is 0.600. The summed E-state index contributed by atoms with van der Waals surface area (Å²) in [4.78, 5) is 103. The first-order valence-corrected chi connectivity index (χ1v) is 18.1. The van der Waals surface area contributed by atoms with E-state index >= 15 is 0 Å². The second-order valence-electron chi connectivity index (χ2n) is 13.1. The Kier molecular flexibility index (Phi) is 22.5. The monoisotopic (exact) mass is 812 g/mol. The fourth-order valence-corrected chi connectivity index (χ4v) is 5.35. The Labute approximate surface area is 328 Å². The van der Waals surface area contributed by atoms with Gasteiger partial charge in [0.2, 0.25) is 35.4 Å². The maximum Gasteiger partial charge on any atom is 0.326 e. The highest BCUT2D eigenvalue weighted by Gasteiger charge is 2.36. The van der Waals surface area contributed by atoms with E-state index in [0.717, 1.165) is 18.9 Å². The van der Waals surface area contributed by atoms with E-state index in [9.17, 15) is 63.9 Å². The number of carbonyl (C=O) groups excluding carboxylic acids is 6. The summed E-state index contributed by atoms with van der Waals surface area (Å²) in [5.41, 5.74) is 6.18. The van der Waals surface area contributed by atoms with Crippen LogP contribution in [0.2, 0.25) is 0 Å². The molecule has 22 nitrogen and oxygen atoms in total. The molecule has 22 heteroatoms. The molecule has 320 valence electrons. The van der Waals surface area contributed by atoms with Crippen molar-refractivity contribution < 1.29 is 69.0 Å². The second-order valence-corrected chi connectivity index (χ2v) is 13.1. The zero-order chi connectivity index (χ0) is 43.2. The molecule has 1 rings (SSSR count). The van der Waals surface area contributed by atoms with Crippen LogP contribution in [0.4, 0.5) is 0 Å². The van der Waals surface area contributed by atoms with Crippen molar-refractivity contribution in [2.24, 2.45) is 5.73 Å². The van der Waals surface area contributed by atoms with Gasteiger partial charge in [-0.15, -0.1) is 0 Å². The van der Waals surface area contributed by atoms with Crippen LogP contribution in [-0.4, -0.2) is 172 Å². The number of nitrogens with zero attached hydrogens (tertiary/aromatic N) is 1. The first-order valence-electron chi connectivity index (χ1n) is 18.1. The van der Waals surface area contributed by atoms with E-state index < -0.39 is 128 Å². The quantitative estimate of drug-likeness (QED) is 0.0369. The predicted molar refractivity (Wildman–Crippen MR) is 200 cm³/mol. The number of nitrogens with two attached hydrogens (primary N) is 1. The topological polar surface area (TPSA) is 359 Å². The van der Waals surface area contributed by atoms with Gasteiger partial charge in [0.15, 0.2) is 0 Å². The summed E-state index contributed by atoms with van der Waals surface area (Å²) in [5, 5.41) is 72.6. The van der Waals surface area contributed by atoms with Crippen LogP contribution < -0.4 is 37.6 Å². The molecule has 1 aromatic carbocycles. The predicted octanol–water partition coefficient (Wildman–Crippen LogP) is -5.50. The van der Waals surface area contributed by atoms with E-state index in [-0.39, 0.29) is 25.8 Å². The average molecular weight is 813 g/mol. The molecule has 0 bridgehead atoms. The summed E-state index contributed by atoms with van der Waals surface area (Å²) in [6.45, 7) is -1.35. The summed E-state index contributed by atoms with van der Waals surface area (Å²) in [5.74, 6) is -8.90. The van der Waals surface area contributed by atoms with Gasteiger partial charge in [0.25, 0.3) is 0 Å². The maximum absolute atomic E-state index is 13.7. The number of rotatable bonds is 27. The molecule has 6 amide bonds. The van der Waals surface area contributed by atoms with Crippen LogP contribution in [0.5, 0.6) is 0 Å². The molecule has 0 aliphatic rings. The van der Waals surface area contributed by atoms with Crippen molar-refractivity contribution in [3.05, 3.63) is 35.9 Å². The SMILES string of the molecule is CNC(CO)C(=O)NC(CCC(=O)O)C(=O)NC(C(=O)NC(CO)C(=O)NC(CCCCN)C(=O)N(C)C(CO)C(=O)NC(Cc1ccccc1)C(=O)O)C(C)O. The number of hydrogen-bond acceptors (Lipinski definition) is 14. The number of unbranched alkanes of at least 4 members (excludes halogenated alkanes) is 1. The largest absolute Gasteiger partial charge is 0.481 e. The van der Waals surface area contributed by atoms with Gasteiger partial charge in [-0.05, 0) is 51.8 Å². The lowest BCUT2D eigenvalue weighted by Crippen LogP contribution is -2.62. The maximum atomic E-state index is 13.7. The highest BCUT2D eigenvalue weighted by atomic mass is 16.4. The summed E-state index contributed by atoms with van der Waals surface area (Å²) >= 11 is 0. The number of carboxylic acids is 2. The van der Waals surface area contributed by atoms with Crippen molar-refractivity contribution in [2.45, 2.75) is 93.8 Å². The molecule has 1 aromatic rings. The van der Waals surface area contributed by atoms with Crippen molar-refractivity contribution in [2.75, 3.05) is 40.5 Å². The van der Waals surface area contributed by atoms with Crippen molar-refractivity contribution in [3.63, 3.8) is 0 Å². The zero-order valence-corrected chi connectivity index (χ0v) is 32.1. The Balaban J connectivity index is 3.20. The standard InChI is InChI=1S/C35H56N8O14/c1-19(47)28(42-29(50)21(12-13-27(48)49)38-30(51)24(16-44)37-2)33(54)41-25(17-45)31(52)39-22(11-7-8-14-36)34(55)43(3)26(18-46)32(53)40-23(35(56)57)15-20-9-5-4-6-10-20/h4-6,9-10,19,21-26,28,37,44-47H,7-8,11-18,36H2,1-3H3,(H,38,51)(H,39,52)(H,40,53)(H,41,54)(H,42,50)(H,48,49)(H,56,57). The third-order valence-corrected chi connectivity index (χ3v) is 8.76. The molecule has 0 heterocycles. The van der Waals surface area contributed by atoms with Gasteiger partial charge in [-0.2, -0.15) is 0 Å². The zero-order valence-electron chi connectivity index (χ0n) is 32.1. The van der Waals surface area contributed by atoms with Gasteiger partial charge in [-0.25, -0.2) is 4.79 Å². The molecule has 0 saturated carbocycles. The third-order valence-electron chi connectivity index (χ3n) is 8.76. The Morgan fingerprint density at radius 2 is 1.23 bits per heavy atom. The molecule has 8 unspecified atom stereocenters. The van der Waals surface area contributed by atoms with Crippen LogP contribution in [0.1, 0.15) is 44.6 Å². The molecule has 0 saturated heterocycles. The van der Waals surface area contributed by atoms with Crippen molar-refractivity contribution in [1.82, 2.24) is 36.8 Å². The lowest BCUT2D eigenvalue weighted by molar-refractivity contribution is -0.146. The van der Waals surface area contributed by atoms with Gasteiger partial charge in [0.1, 0.15) is 42.3 Å². The molecular weight excluding hydrogens is 756 g/mol. The molecule has 8 atom stereocenters. The number of hydrogen-bond donors (Lipinski definition) is 13. The van der Waals surface area contributed by atoms with E-state index in [1.807, 2.05) is 0 Å². The number of carboxylic acid groups (broad SMARTS) is 2. The second kappa shape index (κ2) is 25.8. The molecule has 0 aromatic heterocycles. The van der Waals surface area contributed by atoms with Crippen LogP contribution in [0.25, 0.3) is 0 Å². The summed E-state index contributed by atoms with van der Waals surface area (Å²) in [6.07, 6.45) is -2.20. The van der Waals surface area contributed by atoms with Crippen molar-refractivity contribution in [3.8, 4) is 0 Å². The average Bonchev–Trinajstić information content (AvgIpc) is 3.17. The van der Waals surface area contributed by atoms with Crippen LogP contribution in [0.3, 0.4) is 0 Å². The number of likely N-dealkylation sites (N-methyl/N-ethyl adjacent to an activating group) is 2. The van der Waals surface area contributed by atoms with Gasteiger partial charge in [0, 0.05) is 19.9 Å². The van der Waals surface area contributed by atoms with E-state index in [4.69, 9.17) is 10.8 Å². The number of carbonyl (C=O) groups is 8. The minimum atomic E-state index is -1.82.